The summed E-state index contributed by atoms with van der Waals surface area (Å²) in [5.41, 5.74) is 5.15. The molecular weight excluding hydrogens is 462 g/mol. The van der Waals surface area contributed by atoms with Crippen molar-refractivity contribution in [2.75, 3.05) is 5.75 Å². The normalized spacial score (nSPS) is 11.2. The lowest BCUT2D eigenvalue weighted by Gasteiger charge is -2.07. The summed E-state index contributed by atoms with van der Waals surface area (Å²) < 4.78 is 11.1. The molecule has 1 aromatic heterocycles. The fraction of sp³-hybridized carbons (Fsp3) is 0.0370. The number of nitrogens with zero attached hydrogens (tertiary/aromatic N) is 2. The first-order valence-corrected chi connectivity index (χ1v) is 11.7. The summed E-state index contributed by atoms with van der Waals surface area (Å²) in [5.74, 6) is -0.173. The Morgan fingerprint density at radius 1 is 0.943 bits per heavy atom. The number of ether oxygens (including phenoxy) is 1. The van der Waals surface area contributed by atoms with E-state index in [4.69, 9.17) is 9.15 Å². The van der Waals surface area contributed by atoms with Crippen molar-refractivity contribution in [3.8, 4) is 5.75 Å². The number of oxazole rings is 1. The topological polar surface area (TPSA) is 93.8 Å². The Labute approximate surface area is 204 Å². The number of hydrogen-bond donors (Lipinski definition) is 1. The van der Waals surface area contributed by atoms with E-state index in [0.717, 1.165) is 21.9 Å². The van der Waals surface area contributed by atoms with Gasteiger partial charge in [-0.15, -0.1) is 0 Å². The van der Waals surface area contributed by atoms with Gasteiger partial charge >= 0.3 is 5.97 Å². The van der Waals surface area contributed by atoms with Crippen LogP contribution in [0.4, 0.5) is 0 Å². The van der Waals surface area contributed by atoms with Crippen LogP contribution in [0.2, 0.25) is 0 Å². The quantitative estimate of drug-likeness (QED) is 0.109. The van der Waals surface area contributed by atoms with Crippen LogP contribution in [0.15, 0.2) is 106 Å². The summed E-state index contributed by atoms with van der Waals surface area (Å²) in [4.78, 5) is 29.0. The van der Waals surface area contributed by atoms with Crippen LogP contribution < -0.4 is 10.2 Å². The van der Waals surface area contributed by atoms with E-state index in [-0.39, 0.29) is 11.7 Å². The molecule has 5 aromatic rings. The molecule has 35 heavy (non-hydrogen) atoms. The van der Waals surface area contributed by atoms with Crippen LogP contribution in [0.25, 0.3) is 21.9 Å². The van der Waals surface area contributed by atoms with Gasteiger partial charge in [-0.1, -0.05) is 60.3 Å². The Balaban J connectivity index is 1.13. The molecule has 0 spiro atoms. The van der Waals surface area contributed by atoms with E-state index >= 15 is 0 Å². The largest absolute Gasteiger partial charge is 0.431 e. The zero-order valence-corrected chi connectivity index (χ0v) is 19.2. The van der Waals surface area contributed by atoms with Crippen LogP contribution in [-0.2, 0) is 4.79 Å². The third kappa shape index (κ3) is 5.39. The number of hydrogen-bond acceptors (Lipinski definition) is 7. The number of carbonyl (C=O) groups is 2. The number of benzene rings is 4. The van der Waals surface area contributed by atoms with Gasteiger partial charge in [-0.3, -0.25) is 4.79 Å². The van der Waals surface area contributed by atoms with Crippen LogP contribution in [0.5, 0.6) is 5.75 Å². The highest BCUT2D eigenvalue weighted by molar-refractivity contribution is 7.99. The van der Waals surface area contributed by atoms with Crippen LogP contribution >= 0.6 is 11.8 Å². The number of amides is 1. The van der Waals surface area contributed by atoms with E-state index < -0.39 is 5.97 Å². The van der Waals surface area contributed by atoms with Gasteiger partial charge in [0.05, 0.1) is 17.5 Å². The third-order valence-corrected chi connectivity index (χ3v) is 5.93. The molecule has 8 heteroatoms. The summed E-state index contributed by atoms with van der Waals surface area (Å²) >= 11 is 1.19. The van der Waals surface area contributed by atoms with E-state index in [1.807, 2.05) is 60.7 Å². The van der Waals surface area contributed by atoms with Crippen molar-refractivity contribution in [3.05, 3.63) is 102 Å². The number of fused-ring (bicyclic) bond motifs is 2. The molecular formula is C27H19N3O4S. The zero-order valence-electron chi connectivity index (χ0n) is 18.4. The van der Waals surface area contributed by atoms with E-state index in [0.29, 0.717) is 22.1 Å². The molecule has 1 N–H and O–H groups in total. The standard InChI is InChI=1S/C27H19N3O4S/c31-25(17-35-27-29-23-10-3-4-11-24(23)34-27)30-28-16-18-12-14-20(15-13-18)33-26(32)22-9-5-7-19-6-1-2-8-21(19)22/h1-16H,17H2,(H,30,31)/b28-16-. The Kier molecular flexibility index (Phi) is 6.54. The minimum absolute atomic E-state index is 0.118. The van der Waals surface area contributed by atoms with E-state index in [9.17, 15) is 9.59 Å². The highest BCUT2D eigenvalue weighted by Crippen LogP contribution is 2.23. The van der Waals surface area contributed by atoms with Gasteiger partial charge in [0.1, 0.15) is 11.3 Å². The molecule has 0 fully saturated rings. The first-order chi connectivity index (χ1) is 17.2. The smallest absolute Gasteiger partial charge is 0.344 e. The summed E-state index contributed by atoms with van der Waals surface area (Å²) in [5, 5.41) is 6.22. The Morgan fingerprint density at radius 3 is 2.57 bits per heavy atom. The maximum atomic E-state index is 12.7. The van der Waals surface area contributed by atoms with Crippen molar-refractivity contribution < 1.29 is 18.7 Å². The number of nitrogens with one attached hydrogen (secondary N) is 1. The van der Waals surface area contributed by atoms with Gasteiger partial charge in [-0.2, -0.15) is 5.10 Å². The molecule has 0 aliphatic carbocycles. The van der Waals surface area contributed by atoms with Gasteiger partial charge in [0, 0.05) is 0 Å². The predicted molar refractivity (Wildman–Crippen MR) is 136 cm³/mol. The Hall–Kier alpha value is -4.43. The van der Waals surface area contributed by atoms with Crippen LogP contribution in [0.3, 0.4) is 0 Å². The lowest BCUT2D eigenvalue weighted by molar-refractivity contribution is -0.118. The van der Waals surface area contributed by atoms with Crippen LogP contribution in [0, 0.1) is 0 Å². The molecule has 0 unspecified atom stereocenters. The molecule has 7 nitrogen and oxygen atoms in total. The second kappa shape index (κ2) is 10.2. The Morgan fingerprint density at radius 2 is 1.71 bits per heavy atom. The molecule has 0 radical (unpaired) electrons. The molecule has 0 atom stereocenters. The lowest BCUT2D eigenvalue weighted by Crippen LogP contribution is -2.19. The number of thioether (sulfide) groups is 1. The van der Waals surface area contributed by atoms with Crippen molar-refractivity contribution in [2.24, 2.45) is 5.10 Å². The van der Waals surface area contributed by atoms with Crippen LogP contribution in [0.1, 0.15) is 15.9 Å². The summed E-state index contributed by atoms with van der Waals surface area (Å²) in [6, 6.07) is 27.5. The molecule has 1 amide bonds. The van der Waals surface area contributed by atoms with Crippen molar-refractivity contribution in [2.45, 2.75) is 5.22 Å². The van der Waals surface area contributed by atoms with Gasteiger partial charge in [0.15, 0.2) is 5.58 Å². The molecule has 0 aliphatic heterocycles. The van der Waals surface area contributed by atoms with Gasteiger partial charge in [0.2, 0.25) is 0 Å². The number of hydrazone groups is 1. The fourth-order valence-corrected chi connectivity index (χ4v) is 4.07. The summed E-state index contributed by atoms with van der Waals surface area (Å²) in [6.07, 6.45) is 1.51. The SMILES string of the molecule is O=C(CSc1nc2ccccc2o1)N/N=C\c1ccc(OC(=O)c2cccc3ccccc23)cc1. The van der Waals surface area contributed by atoms with Crippen LogP contribution in [-0.4, -0.2) is 28.8 Å². The van der Waals surface area contributed by atoms with Gasteiger partial charge in [0.25, 0.3) is 11.1 Å². The second-order valence-corrected chi connectivity index (χ2v) is 8.44. The van der Waals surface area contributed by atoms with Crippen molar-refractivity contribution in [3.63, 3.8) is 0 Å². The average Bonchev–Trinajstić information content (AvgIpc) is 3.31. The van der Waals surface area contributed by atoms with E-state index in [1.54, 1.807) is 30.3 Å². The molecule has 5 rings (SSSR count). The van der Waals surface area contributed by atoms with Gasteiger partial charge in [-0.25, -0.2) is 15.2 Å². The van der Waals surface area contributed by atoms with Crippen molar-refractivity contribution in [1.82, 2.24) is 10.4 Å². The van der Waals surface area contributed by atoms with E-state index in [1.165, 1.54) is 18.0 Å². The molecule has 0 saturated carbocycles. The monoisotopic (exact) mass is 481 g/mol. The first kappa shape index (κ1) is 22.4. The van der Waals surface area contributed by atoms with Gasteiger partial charge < -0.3 is 9.15 Å². The maximum absolute atomic E-state index is 12.7. The lowest BCUT2D eigenvalue weighted by atomic mass is 10.0. The number of esters is 1. The van der Waals surface area contributed by atoms with Crippen molar-refractivity contribution >= 4 is 51.7 Å². The number of aromatic nitrogens is 1. The zero-order chi connectivity index (χ0) is 24.0. The highest BCUT2D eigenvalue weighted by Gasteiger charge is 2.12. The first-order valence-electron chi connectivity index (χ1n) is 10.8. The minimum atomic E-state index is -0.424. The molecule has 172 valence electrons. The average molecular weight is 482 g/mol. The number of rotatable bonds is 7. The van der Waals surface area contributed by atoms with Crippen molar-refractivity contribution in [1.29, 1.82) is 0 Å². The molecule has 4 aromatic carbocycles. The Bertz CT molecular complexity index is 1510. The number of para-hydroxylation sites is 2. The maximum Gasteiger partial charge on any atom is 0.344 e. The second-order valence-electron chi connectivity index (χ2n) is 7.51. The predicted octanol–water partition coefficient (Wildman–Crippen LogP) is 5.44. The minimum Gasteiger partial charge on any atom is -0.431 e. The molecule has 0 saturated heterocycles. The molecule has 1 heterocycles. The molecule has 0 aliphatic rings. The summed E-state index contributed by atoms with van der Waals surface area (Å²) in [7, 11) is 0. The summed E-state index contributed by atoms with van der Waals surface area (Å²) in [6.45, 7) is 0. The fourth-order valence-electron chi connectivity index (χ4n) is 3.44. The third-order valence-electron chi connectivity index (χ3n) is 5.10. The van der Waals surface area contributed by atoms with Gasteiger partial charge in [-0.05, 0) is 58.8 Å². The number of carbonyl (C=O) groups excluding carboxylic acids is 2. The highest BCUT2D eigenvalue weighted by atomic mass is 32.2. The molecule has 0 bridgehead atoms. The van der Waals surface area contributed by atoms with E-state index in [2.05, 4.69) is 15.5 Å².